The number of unbranched alkanes of at least 4 members (excludes halogenated alkanes) is 1. The monoisotopic (exact) mass is 311 g/mol. The van der Waals surface area contributed by atoms with Crippen LogP contribution in [0.2, 0.25) is 0 Å². The summed E-state index contributed by atoms with van der Waals surface area (Å²) in [5.41, 5.74) is 2.42. The Hall–Kier alpha value is -2.29. The highest BCUT2D eigenvalue weighted by molar-refractivity contribution is 5.75. The van der Waals surface area contributed by atoms with Crippen LogP contribution in [0.3, 0.4) is 0 Å². The van der Waals surface area contributed by atoms with Crippen molar-refractivity contribution in [1.82, 2.24) is 4.90 Å². The van der Waals surface area contributed by atoms with Gasteiger partial charge in [0.1, 0.15) is 12.4 Å². The second-order valence-corrected chi connectivity index (χ2v) is 5.92. The van der Waals surface area contributed by atoms with Crippen LogP contribution in [0.4, 0.5) is 0 Å². The Labute approximate surface area is 138 Å². The van der Waals surface area contributed by atoms with Gasteiger partial charge in [0.25, 0.3) is 0 Å². The fourth-order valence-corrected chi connectivity index (χ4v) is 2.36. The third-order valence-corrected chi connectivity index (χ3v) is 3.75. The van der Waals surface area contributed by atoms with E-state index in [9.17, 15) is 4.79 Å². The fraction of sp³-hybridized carbons (Fsp3) is 0.350. The summed E-state index contributed by atoms with van der Waals surface area (Å²) in [6.45, 7) is 0.585. The van der Waals surface area contributed by atoms with Crippen LogP contribution < -0.4 is 4.74 Å². The van der Waals surface area contributed by atoms with Gasteiger partial charge in [0.15, 0.2) is 0 Å². The van der Waals surface area contributed by atoms with E-state index in [1.165, 1.54) is 11.1 Å². The first-order valence-corrected chi connectivity index (χ1v) is 8.11. The molecule has 0 spiro atoms. The van der Waals surface area contributed by atoms with E-state index in [4.69, 9.17) is 4.74 Å². The van der Waals surface area contributed by atoms with Crippen LogP contribution in [0, 0.1) is 0 Å². The predicted molar refractivity (Wildman–Crippen MR) is 93.5 cm³/mol. The van der Waals surface area contributed by atoms with Crippen LogP contribution in [0.5, 0.6) is 5.75 Å². The second kappa shape index (κ2) is 8.99. The zero-order chi connectivity index (χ0) is 16.5. The van der Waals surface area contributed by atoms with E-state index in [1.807, 2.05) is 30.3 Å². The van der Waals surface area contributed by atoms with Gasteiger partial charge in [0.05, 0.1) is 0 Å². The third-order valence-electron chi connectivity index (χ3n) is 3.75. The van der Waals surface area contributed by atoms with E-state index in [-0.39, 0.29) is 5.91 Å². The number of rotatable bonds is 8. The Balaban J connectivity index is 1.77. The van der Waals surface area contributed by atoms with Gasteiger partial charge in [-0.15, -0.1) is 0 Å². The average Bonchev–Trinajstić information content (AvgIpc) is 2.58. The number of carbonyl (C=O) groups excluding carboxylic acids is 1. The van der Waals surface area contributed by atoms with Crippen LogP contribution in [0.25, 0.3) is 0 Å². The molecule has 0 aliphatic rings. The fourth-order valence-electron chi connectivity index (χ4n) is 2.36. The Morgan fingerprint density at radius 1 is 0.957 bits per heavy atom. The van der Waals surface area contributed by atoms with Crippen LogP contribution in [-0.2, 0) is 17.8 Å². The molecule has 0 unspecified atom stereocenters. The van der Waals surface area contributed by atoms with E-state index < -0.39 is 0 Å². The maximum absolute atomic E-state index is 11.5. The minimum atomic E-state index is 0.199. The number of benzene rings is 2. The molecule has 23 heavy (non-hydrogen) atoms. The van der Waals surface area contributed by atoms with Gasteiger partial charge in [0, 0.05) is 20.5 Å². The van der Waals surface area contributed by atoms with Crippen LogP contribution in [0.15, 0.2) is 54.6 Å². The van der Waals surface area contributed by atoms with Crippen LogP contribution in [-0.4, -0.2) is 24.9 Å². The standard InChI is InChI=1S/C20H25NO2/c1-21(2)20(22)14-7-6-9-17-12-8-13-19(15-17)23-16-18-10-4-3-5-11-18/h3-5,8,10-13,15H,6-7,9,14,16H2,1-2H3. The molecule has 0 fully saturated rings. The molecule has 1 amide bonds. The third kappa shape index (κ3) is 6.15. The molecule has 122 valence electrons. The van der Waals surface area contributed by atoms with E-state index in [2.05, 4.69) is 24.3 Å². The number of nitrogens with zero attached hydrogens (tertiary/aromatic N) is 1. The van der Waals surface area contributed by atoms with Gasteiger partial charge in [-0.1, -0.05) is 42.5 Å². The number of hydrogen-bond acceptors (Lipinski definition) is 2. The molecule has 2 aromatic carbocycles. The molecular formula is C20H25NO2. The topological polar surface area (TPSA) is 29.5 Å². The van der Waals surface area contributed by atoms with Gasteiger partial charge in [0.2, 0.25) is 5.91 Å². The first kappa shape index (κ1) is 17.1. The first-order valence-electron chi connectivity index (χ1n) is 8.11. The highest BCUT2D eigenvalue weighted by atomic mass is 16.5. The van der Waals surface area contributed by atoms with Crippen molar-refractivity contribution in [3.05, 3.63) is 65.7 Å². The molecule has 0 aromatic heterocycles. The zero-order valence-corrected chi connectivity index (χ0v) is 14.0. The number of ether oxygens (including phenoxy) is 1. The Morgan fingerprint density at radius 2 is 1.70 bits per heavy atom. The largest absolute Gasteiger partial charge is 0.489 e. The SMILES string of the molecule is CN(C)C(=O)CCCCc1cccc(OCc2ccccc2)c1. The summed E-state index contributed by atoms with van der Waals surface area (Å²) in [5.74, 6) is 1.10. The lowest BCUT2D eigenvalue weighted by Crippen LogP contribution is -2.21. The summed E-state index contributed by atoms with van der Waals surface area (Å²) in [6, 6.07) is 18.4. The van der Waals surface area contributed by atoms with Crippen molar-refractivity contribution < 1.29 is 9.53 Å². The number of aryl methyl sites for hydroxylation is 1. The number of carbonyl (C=O) groups is 1. The smallest absolute Gasteiger partial charge is 0.222 e. The molecule has 0 aliphatic heterocycles. The second-order valence-electron chi connectivity index (χ2n) is 5.92. The van der Waals surface area contributed by atoms with E-state index >= 15 is 0 Å². The Kier molecular flexibility index (Phi) is 6.67. The molecule has 0 aliphatic carbocycles. The van der Waals surface area contributed by atoms with E-state index in [1.54, 1.807) is 19.0 Å². The van der Waals surface area contributed by atoms with E-state index in [0.717, 1.165) is 25.0 Å². The molecular weight excluding hydrogens is 286 g/mol. The van der Waals surface area contributed by atoms with Crippen molar-refractivity contribution in [2.45, 2.75) is 32.3 Å². The van der Waals surface area contributed by atoms with Crippen LogP contribution >= 0.6 is 0 Å². The van der Waals surface area contributed by atoms with Crippen LogP contribution in [0.1, 0.15) is 30.4 Å². The summed E-state index contributed by atoms with van der Waals surface area (Å²) in [6.07, 6.45) is 3.54. The summed E-state index contributed by atoms with van der Waals surface area (Å²) >= 11 is 0. The number of hydrogen-bond donors (Lipinski definition) is 0. The Morgan fingerprint density at radius 3 is 2.43 bits per heavy atom. The lowest BCUT2D eigenvalue weighted by Gasteiger charge is -2.10. The molecule has 0 heterocycles. The minimum Gasteiger partial charge on any atom is -0.489 e. The minimum absolute atomic E-state index is 0.199. The van der Waals surface area contributed by atoms with Gasteiger partial charge in [-0.3, -0.25) is 4.79 Å². The lowest BCUT2D eigenvalue weighted by atomic mass is 10.1. The number of amides is 1. The highest BCUT2D eigenvalue weighted by Gasteiger charge is 2.04. The molecule has 0 radical (unpaired) electrons. The molecule has 2 aromatic rings. The predicted octanol–water partition coefficient (Wildman–Crippen LogP) is 4.07. The highest BCUT2D eigenvalue weighted by Crippen LogP contribution is 2.17. The quantitative estimate of drug-likeness (QED) is 0.688. The van der Waals surface area contributed by atoms with Crippen molar-refractivity contribution in [3.8, 4) is 5.75 Å². The normalized spacial score (nSPS) is 10.3. The summed E-state index contributed by atoms with van der Waals surface area (Å²) in [7, 11) is 3.60. The molecule has 0 bridgehead atoms. The maximum atomic E-state index is 11.5. The summed E-state index contributed by atoms with van der Waals surface area (Å²) in [4.78, 5) is 13.2. The molecule has 0 N–H and O–H groups in total. The molecule has 0 saturated carbocycles. The molecule has 3 nitrogen and oxygen atoms in total. The Bertz CT molecular complexity index is 608. The molecule has 0 atom stereocenters. The van der Waals surface area contributed by atoms with E-state index in [0.29, 0.717) is 13.0 Å². The molecule has 0 saturated heterocycles. The van der Waals surface area contributed by atoms with Crippen molar-refractivity contribution in [2.24, 2.45) is 0 Å². The van der Waals surface area contributed by atoms with Crippen molar-refractivity contribution in [2.75, 3.05) is 14.1 Å². The summed E-state index contributed by atoms with van der Waals surface area (Å²) < 4.78 is 5.85. The van der Waals surface area contributed by atoms with Gasteiger partial charge in [-0.2, -0.15) is 0 Å². The van der Waals surface area contributed by atoms with Gasteiger partial charge >= 0.3 is 0 Å². The average molecular weight is 311 g/mol. The van der Waals surface area contributed by atoms with Gasteiger partial charge < -0.3 is 9.64 Å². The first-order chi connectivity index (χ1) is 11.1. The van der Waals surface area contributed by atoms with Crippen molar-refractivity contribution >= 4 is 5.91 Å². The molecule has 2 rings (SSSR count). The lowest BCUT2D eigenvalue weighted by molar-refractivity contribution is -0.128. The van der Waals surface area contributed by atoms with Gasteiger partial charge in [-0.05, 0) is 42.5 Å². The maximum Gasteiger partial charge on any atom is 0.222 e. The molecule has 3 heteroatoms. The van der Waals surface area contributed by atoms with Gasteiger partial charge in [-0.25, -0.2) is 0 Å². The van der Waals surface area contributed by atoms with Crippen molar-refractivity contribution in [3.63, 3.8) is 0 Å². The summed E-state index contributed by atoms with van der Waals surface area (Å²) in [5, 5.41) is 0. The zero-order valence-electron chi connectivity index (χ0n) is 14.0. The van der Waals surface area contributed by atoms with Crippen molar-refractivity contribution in [1.29, 1.82) is 0 Å².